The van der Waals surface area contributed by atoms with Crippen LogP contribution < -0.4 is 11.1 Å². The van der Waals surface area contributed by atoms with Gasteiger partial charge in [-0.25, -0.2) is 4.98 Å². The van der Waals surface area contributed by atoms with Crippen molar-refractivity contribution in [2.45, 2.75) is 25.8 Å². The minimum Gasteiger partial charge on any atom is -0.331 e. The van der Waals surface area contributed by atoms with E-state index in [9.17, 15) is 0 Å². The third-order valence-corrected chi connectivity index (χ3v) is 3.58. The van der Waals surface area contributed by atoms with Crippen LogP contribution in [0, 0.1) is 6.92 Å². The predicted molar refractivity (Wildman–Crippen MR) is 75.5 cm³/mol. The van der Waals surface area contributed by atoms with E-state index in [2.05, 4.69) is 33.1 Å². The zero-order valence-corrected chi connectivity index (χ0v) is 11.4. The largest absolute Gasteiger partial charge is 0.331 e. The Labute approximate surface area is 108 Å². The summed E-state index contributed by atoms with van der Waals surface area (Å²) in [5, 5.41) is 3.35. The molecule has 0 aliphatic carbocycles. The van der Waals surface area contributed by atoms with Crippen molar-refractivity contribution in [1.29, 1.82) is 0 Å². The first-order valence-electron chi connectivity index (χ1n) is 6.47. The van der Waals surface area contributed by atoms with Gasteiger partial charge in [-0.1, -0.05) is 6.07 Å². The lowest BCUT2D eigenvalue weighted by atomic mass is 10.0. The lowest BCUT2D eigenvalue weighted by molar-refractivity contribution is 0.531. The number of hydrogen-bond donors (Lipinski definition) is 2. The van der Waals surface area contributed by atoms with Gasteiger partial charge in [-0.15, -0.1) is 0 Å². The molecule has 0 aliphatic rings. The Morgan fingerprint density at radius 2 is 2.22 bits per heavy atom. The van der Waals surface area contributed by atoms with Crippen LogP contribution >= 0.6 is 0 Å². The summed E-state index contributed by atoms with van der Waals surface area (Å²) in [6.07, 6.45) is 2.09. The van der Waals surface area contributed by atoms with Gasteiger partial charge in [0.2, 0.25) is 0 Å². The normalized spacial score (nSPS) is 13.1. The first-order valence-corrected chi connectivity index (χ1v) is 6.47. The molecule has 0 radical (unpaired) electrons. The Hall–Kier alpha value is -1.39. The second-order valence-corrected chi connectivity index (χ2v) is 4.74. The molecule has 0 fully saturated rings. The zero-order valence-electron chi connectivity index (χ0n) is 11.4. The molecule has 1 aromatic carbocycles. The van der Waals surface area contributed by atoms with E-state index in [-0.39, 0.29) is 0 Å². The summed E-state index contributed by atoms with van der Waals surface area (Å²) in [4.78, 5) is 4.58. The van der Waals surface area contributed by atoms with Crippen molar-refractivity contribution in [3.63, 3.8) is 0 Å². The quantitative estimate of drug-likeness (QED) is 0.847. The average Bonchev–Trinajstić information content (AvgIpc) is 2.66. The molecule has 98 valence electrons. The summed E-state index contributed by atoms with van der Waals surface area (Å²) >= 11 is 0. The molecule has 3 N–H and O–H groups in total. The maximum Gasteiger partial charge on any atom is 0.106 e. The SMILES string of the molecule is CNC(CCCN)c1ccc2c(c1)nc(C)n2C. The van der Waals surface area contributed by atoms with Crippen LogP contribution in [0.25, 0.3) is 11.0 Å². The van der Waals surface area contributed by atoms with E-state index >= 15 is 0 Å². The number of aromatic nitrogens is 2. The smallest absolute Gasteiger partial charge is 0.106 e. The number of hydrogen-bond acceptors (Lipinski definition) is 3. The van der Waals surface area contributed by atoms with Crippen LogP contribution in [0.5, 0.6) is 0 Å². The lowest BCUT2D eigenvalue weighted by Crippen LogP contribution is -2.17. The molecule has 4 heteroatoms. The Morgan fingerprint density at radius 3 is 2.89 bits per heavy atom. The van der Waals surface area contributed by atoms with Crippen LogP contribution in [0.3, 0.4) is 0 Å². The number of aryl methyl sites for hydroxylation is 2. The summed E-state index contributed by atoms with van der Waals surface area (Å²) in [7, 11) is 4.05. The van der Waals surface area contributed by atoms with E-state index in [0.29, 0.717) is 6.04 Å². The monoisotopic (exact) mass is 246 g/mol. The highest BCUT2D eigenvalue weighted by Gasteiger charge is 2.11. The molecule has 0 bridgehead atoms. The van der Waals surface area contributed by atoms with Crippen LogP contribution in [0.4, 0.5) is 0 Å². The van der Waals surface area contributed by atoms with Crippen molar-refractivity contribution in [3.05, 3.63) is 29.6 Å². The van der Waals surface area contributed by atoms with Crippen molar-refractivity contribution < 1.29 is 0 Å². The van der Waals surface area contributed by atoms with Gasteiger partial charge in [-0.2, -0.15) is 0 Å². The van der Waals surface area contributed by atoms with E-state index in [1.165, 1.54) is 11.1 Å². The van der Waals surface area contributed by atoms with Gasteiger partial charge in [0.1, 0.15) is 5.82 Å². The molecule has 1 unspecified atom stereocenters. The third-order valence-electron chi connectivity index (χ3n) is 3.58. The van der Waals surface area contributed by atoms with Gasteiger partial charge in [0.15, 0.2) is 0 Å². The highest BCUT2D eigenvalue weighted by molar-refractivity contribution is 5.76. The Bertz CT molecular complexity index is 530. The van der Waals surface area contributed by atoms with Gasteiger partial charge in [0.25, 0.3) is 0 Å². The number of rotatable bonds is 5. The second-order valence-electron chi connectivity index (χ2n) is 4.74. The molecular formula is C14H22N4. The van der Waals surface area contributed by atoms with Crippen molar-refractivity contribution in [2.24, 2.45) is 12.8 Å². The molecule has 0 saturated heterocycles. The lowest BCUT2D eigenvalue weighted by Gasteiger charge is -2.16. The molecule has 0 amide bonds. The van der Waals surface area contributed by atoms with E-state index in [0.717, 1.165) is 30.7 Å². The molecule has 4 nitrogen and oxygen atoms in total. The van der Waals surface area contributed by atoms with Crippen molar-refractivity contribution in [2.75, 3.05) is 13.6 Å². The number of benzene rings is 1. The van der Waals surface area contributed by atoms with Gasteiger partial charge in [0.05, 0.1) is 11.0 Å². The molecule has 2 aromatic rings. The molecule has 1 heterocycles. The summed E-state index contributed by atoms with van der Waals surface area (Å²) in [6.45, 7) is 2.77. The Morgan fingerprint density at radius 1 is 1.44 bits per heavy atom. The highest BCUT2D eigenvalue weighted by atomic mass is 15.0. The van der Waals surface area contributed by atoms with Gasteiger partial charge in [0, 0.05) is 13.1 Å². The van der Waals surface area contributed by atoms with Gasteiger partial charge in [-0.3, -0.25) is 0 Å². The molecule has 18 heavy (non-hydrogen) atoms. The third kappa shape index (κ3) is 2.40. The fourth-order valence-electron chi connectivity index (χ4n) is 2.35. The fourth-order valence-corrected chi connectivity index (χ4v) is 2.35. The number of nitrogens with one attached hydrogen (secondary N) is 1. The van der Waals surface area contributed by atoms with Crippen LogP contribution in [0.1, 0.15) is 30.3 Å². The Balaban J connectivity index is 2.33. The molecule has 1 atom stereocenters. The Kier molecular flexibility index (Phi) is 3.99. The van der Waals surface area contributed by atoms with Crippen LogP contribution in [0.2, 0.25) is 0 Å². The molecule has 1 aromatic heterocycles. The second kappa shape index (κ2) is 5.50. The van der Waals surface area contributed by atoms with Crippen LogP contribution in [-0.2, 0) is 7.05 Å². The minimum atomic E-state index is 0.361. The van der Waals surface area contributed by atoms with Gasteiger partial charge in [-0.05, 0) is 51.1 Å². The van der Waals surface area contributed by atoms with E-state index in [1.807, 2.05) is 21.0 Å². The minimum absolute atomic E-state index is 0.361. The van der Waals surface area contributed by atoms with E-state index in [4.69, 9.17) is 5.73 Å². The summed E-state index contributed by atoms with van der Waals surface area (Å²) in [6, 6.07) is 6.87. The van der Waals surface area contributed by atoms with Crippen LogP contribution in [0.15, 0.2) is 18.2 Å². The fraction of sp³-hybridized carbons (Fsp3) is 0.500. The maximum atomic E-state index is 5.58. The topological polar surface area (TPSA) is 55.9 Å². The first kappa shape index (κ1) is 13.1. The molecule has 0 spiro atoms. The van der Waals surface area contributed by atoms with Crippen molar-refractivity contribution >= 4 is 11.0 Å². The number of imidazole rings is 1. The number of fused-ring (bicyclic) bond motifs is 1. The van der Waals surface area contributed by atoms with E-state index < -0.39 is 0 Å². The zero-order chi connectivity index (χ0) is 13.1. The van der Waals surface area contributed by atoms with Gasteiger partial charge < -0.3 is 15.6 Å². The first-order chi connectivity index (χ1) is 8.67. The average molecular weight is 246 g/mol. The van der Waals surface area contributed by atoms with Crippen molar-refractivity contribution in [3.8, 4) is 0 Å². The standard InChI is InChI=1S/C14H22N4/c1-10-17-13-9-11(6-7-14(13)18(10)3)12(16-2)5-4-8-15/h6-7,9,12,16H,4-5,8,15H2,1-3H3. The molecule has 0 saturated carbocycles. The summed E-state index contributed by atoms with van der Waals surface area (Å²) in [5.74, 6) is 1.05. The van der Waals surface area contributed by atoms with Gasteiger partial charge >= 0.3 is 0 Å². The highest BCUT2D eigenvalue weighted by Crippen LogP contribution is 2.23. The number of nitrogens with zero attached hydrogens (tertiary/aromatic N) is 2. The molecular weight excluding hydrogens is 224 g/mol. The molecule has 2 rings (SSSR count). The predicted octanol–water partition coefficient (Wildman–Crippen LogP) is 1.88. The summed E-state index contributed by atoms with van der Waals surface area (Å²) < 4.78 is 2.12. The van der Waals surface area contributed by atoms with Crippen molar-refractivity contribution in [1.82, 2.24) is 14.9 Å². The maximum absolute atomic E-state index is 5.58. The summed E-state index contributed by atoms with van der Waals surface area (Å²) in [5.41, 5.74) is 9.12. The molecule has 0 aliphatic heterocycles. The number of nitrogens with two attached hydrogens (primary N) is 1. The van der Waals surface area contributed by atoms with E-state index in [1.54, 1.807) is 0 Å². The van der Waals surface area contributed by atoms with Crippen LogP contribution in [-0.4, -0.2) is 23.1 Å².